The molecule has 2 rings (SSSR count). The summed E-state index contributed by atoms with van der Waals surface area (Å²) in [6.45, 7) is 5.35. The topological polar surface area (TPSA) is 66.3 Å². The monoisotopic (exact) mass is 249 g/mol. The minimum absolute atomic E-state index is 0.00182. The molecule has 0 aromatic carbocycles. The van der Waals surface area contributed by atoms with E-state index in [1.54, 1.807) is 6.20 Å². The van der Waals surface area contributed by atoms with Crippen LogP contribution in [0.15, 0.2) is 6.20 Å². The highest BCUT2D eigenvalue weighted by molar-refractivity contribution is 5.94. The van der Waals surface area contributed by atoms with Gasteiger partial charge in [0.2, 0.25) is 5.95 Å². The van der Waals surface area contributed by atoms with Crippen LogP contribution in [0.1, 0.15) is 35.8 Å². The number of rotatable bonds is 3. The van der Waals surface area contributed by atoms with Gasteiger partial charge in [0.1, 0.15) is 0 Å². The lowest BCUT2D eigenvalue weighted by molar-refractivity contribution is 0.101. The Morgan fingerprint density at radius 2 is 2.17 bits per heavy atom. The standard InChI is InChI=1S/C13H19N3O2/c1-9-12(10(2)18)7-14-13(15-9)16-5-3-11(8-17)4-6-16/h7,11,17H,3-6,8H2,1-2H3. The maximum Gasteiger partial charge on any atom is 0.225 e. The zero-order valence-corrected chi connectivity index (χ0v) is 10.9. The maximum absolute atomic E-state index is 11.3. The molecule has 0 amide bonds. The Labute approximate surface area is 107 Å². The fraction of sp³-hybridized carbons (Fsp3) is 0.615. The first-order chi connectivity index (χ1) is 8.61. The molecule has 5 nitrogen and oxygen atoms in total. The van der Waals surface area contributed by atoms with Crippen molar-refractivity contribution in [1.82, 2.24) is 9.97 Å². The number of carbonyl (C=O) groups is 1. The Bertz CT molecular complexity index is 440. The van der Waals surface area contributed by atoms with Crippen molar-refractivity contribution < 1.29 is 9.90 Å². The van der Waals surface area contributed by atoms with E-state index in [2.05, 4.69) is 14.9 Å². The summed E-state index contributed by atoms with van der Waals surface area (Å²) < 4.78 is 0. The van der Waals surface area contributed by atoms with Gasteiger partial charge in [-0.25, -0.2) is 9.97 Å². The van der Waals surface area contributed by atoms with Crippen LogP contribution in [0.2, 0.25) is 0 Å². The average Bonchev–Trinajstić information content (AvgIpc) is 2.38. The van der Waals surface area contributed by atoms with E-state index >= 15 is 0 Å². The second kappa shape index (κ2) is 5.44. The number of carbonyl (C=O) groups excluding carboxylic acids is 1. The molecule has 0 unspecified atom stereocenters. The van der Waals surface area contributed by atoms with E-state index in [1.165, 1.54) is 6.92 Å². The number of ketones is 1. The number of aryl methyl sites for hydroxylation is 1. The van der Waals surface area contributed by atoms with Crippen LogP contribution in [-0.4, -0.2) is 40.6 Å². The van der Waals surface area contributed by atoms with E-state index in [-0.39, 0.29) is 12.4 Å². The second-order valence-electron chi connectivity index (χ2n) is 4.84. The number of hydrogen-bond donors (Lipinski definition) is 1. The molecule has 98 valence electrons. The van der Waals surface area contributed by atoms with Gasteiger partial charge in [-0.3, -0.25) is 4.79 Å². The molecule has 0 atom stereocenters. The smallest absolute Gasteiger partial charge is 0.225 e. The van der Waals surface area contributed by atoms with Crippen molar-refractivity contribution in [2.75, 3.05) is 24.6 Å². The number of aliphatic hydroxyl groups excluding tert-OH is 1. The first-order valence-corrected chi connectivity index (χ1v) is 6.32. The van der Waals surface area contributed by atoms with Crippen molar-refractivity contribution in [2.45, 2.75) is 26.7 Å². The molecule has 0 saturated carbocycles. The molecule has 0 aliphatic carbocycles. The van der Waals surface area contributed by atoms with Crippen molar-refractivity contribution >= 4 is 11.7 Å². The number of Topliss-reactive ketones (excluding diaryl/α,β-unsaturated/α-hetero) is 1. The first kappa shape index (κ1) is 13.0. The van der Waals surface area contributed by atoms with Gasteiger partial charge in [0, 0.05) is 25.9 Å². The third-order valence-electron chi connectivity index (χ3n) is 3.50. The van der Waals surface area contributed by atoms with Crippen molar-refractivity contribution in [3.8, 4) is 0 Å². The Hall–Kier alpha value is -1.49. The van der Waals surface area contributed by atoms with Crippen LogP contribution in [0.5, 0.6) is 0 Å². The first-order valence-electron chi connectivity index (χ1n) is 6.32. The van der Waals surface area contributed by atoms with Gasteiger partial charge in [-0.1, -0.05) is 0 Å². The lowest BCUT2D eigenvalue weighted by atomic mass is 9.98. The number of piperidine rings is 1. The van der Waals surface area contributed by atoms with Crippen LogP contribution in [-0.2, 0) is 0 Å². The van der Waals surface area contributed by atoms with Crippen LogP contribution in [0, 0.1) is 12.8 Å². The third kappa shape index (κ3) is 2.67. The van der Waals surface area contributed by atoms with E-state index in [4.69, 9.17) is 5.11 Å². The fourth-order valence-corrected chi connectivity index (χ4v) is 2.27. The summed E-state index contributed by atoms with van der Waals surface area (Å²) in [5.74, 6) is 1.09. The van der Waals surface area contributed by atoms with Gasteiger partial charge >= 0.3 is 0 Å². The van der Waals surface area contributed by atoms with Crippen LogP contribution < -0.4 is 4.90 Å². The van der Waals surface area contributed by atoms with Gasteiger partial charge in [0.15, 0.2) is 5.78 Å². The van der Waals surface area contributed by atoms with Gasteiger partial charge in [-0.15, -0.1) is 0 Å². The number of aliphatic hydroxyl groups is 1. The lowest BCUT2D eigenvalue weighted by Crippen LogP contribution is -2.36. The molecule has 0 bridgehead atoms. The average molecular weight is 249 g/mol. The van der Waals surface area contributed by atoms with Crippen molar-refractivity contribution in [1.29, 1.82) is 0 Å². The van der Waals surface area contributed by atoms with Crippen molar-refractivity contribution in [2.24, 2.45) is 5.92 Å². The molecule has 1 aliphatic rings. The minimum atomic E-state index is -0.00182. The van der Waals surface area contributed by atoms with E-state index in [1.807, 2.05) is 6.92 Å². The number of hydrogen-bond acceptors (Lipinski definition) is 5. The van der Waals surface area contributed by atoms with E-state index < -0.39 is 0 Å². The van der Waals surface area contributed by atoms with E-state index in [0.29, 0.717) is 17.4 Å². The quantitative estimate of drug-likeness (QED) is 0.815. The normalized spacial score (nSPS) is 16.9. The van der Waals surface area contributed by atoms with Gasteiger partial charge in [0.05, 0.1) is 11.3 Å². The van der Waals surface area contributed by atoms with Crippen molar-refractivity contribution in [3.05, 3.63) is 17.5 Å². The highest BCUT2D eigenvalue weighted by Crippen LogP contribution is 2.20. The van der Waals surface area contributed by atoms with Gasteiger partial charge < -0.3 is 10.0 Å². The van der Waals surface area contributed by atoms with Gasteiger partial charge in [-0.05, 0) is 32.6 Å². The molecule has 2 heterocycles. The summed E-state index contributed by atoms with van der Waals surface area (Å²) in [5, 5.41) is 9.10. The molecular weight excluding hydrogens is 230 g/mol. The molecule has 1 N–H and O–H groups in total. The highest BCUT2D eigenvalue weighted by atomic mass is 16.3. The maximum atomic E-state index is 11.3. The minimum Gasteiger partial charge on any atom is -0.396 e. The molecule has 1 fully saturated rings. The molecule has 18 heavy (non-hydrogen) atoms. The fourth-order valence-electron chi connectivity index (χ4n) is 2.27. The van der Waals surface area contributed by atoms with E-state index in [9.17, 15) is 4.79 Å². The summed E-state index contributed by atoms with van der Waals surface area (Å²) in [6.07, 6.45) is 3.54. The van der Waals surface area contributed by atoms with Gasteiger partial charge in [0.25, 0.3) is 0 Å². The van der Waals surface area contributed by atoms with Crippen LogP contribution in [0.3, 0.4) is 0 Å². The Morgan fingerprint density at radius 1 is 1.50 bits per heavy atom. The molecule has 5 heteroatoms. The Balaban J connectivity index is 2.11. The van der Waals surface area contributed by atoms with Crippen LogP contribution in [0.25, 0.3) is 0 Å². The summed E-state index contributed by atoms with van der Waals surface area (Å²) in [7, 11) is 0. The summed E-state index contributed by atoms with van der Waals surface area (Å²) in [5.41, 5.74) is 1.32. The van der Waals surface area contributed by atoms with E-state index in [0.717, 1.165) is 31.6 Å². The number of aromatic nitrogens is 2. The summed E-state index contributed by atoms with van der Waals surface area (Å²) >= 11 is 0. The molecule has 1 saturated heterocycles. The molecule has 1 aliphatic heterocycles. The zero-order chi connectivity index (χ0) is 13.1. The summed E-state index contributed by atoms with van der Waals surface area (Å²) in [6, 6.07) is 0. The van der Waals surface area contributed by atoms with Crippen molar-refractivity contribution in [3.63, 3.8) is 0 Å². The second-order valence-corrected chi connectivity index (χ2v) is 4.84. The van der Waals surface area contributed by atoms with Crippen LogP contribution >= 0.6 is 0 Å². The molecule has 0 radical (unpaired) electrons. The van der Waals surface area contributed by atoms with Crippen LogP contribution in [0.4, 0.5) is 5.95 Å². The molecular formula is C13H19N3O2. The Kier molecular flexibility index (Phi) is 3.91. The Morgan fingerprint density at radius 3 is 2.67 bits per heavy atom. The third-order valence-corrected chi connectivity index (χ3v) is 3.50. The zero-order valence-electron chi connectivity index (χ0n) is 10.9. The van der Waals surface area contributed by atoms with Gasteiger partial charge in [-0.2, -0.15) is 0 Å². The predicted octanol–water partition coefficient (Wildman–Crippen LogP) is 1.20. The SMILES string of the molecule is CC(=O)c1cnc(N2CCC(CO)CC2)nc1C. The molecule has 1 aromatic heterocycles. The lowest BCUT2D eigenvalue weighted by Gasteiger charge is -2.31. The number of nitrogens with zero attached hydrogens (tertiary/aromatic N) is 3. The largest absolute Gasteiger partial charge is 0.396 e. The molecule has 1 aromatic rings. The number of anilines is 1. The highest BCUT2D eigenvalue weighted by Gasteiger charge is 2.21. The summed E-state index contributed by atoms with van der Waals surface area (Å²) in [4.78, 5) is 22.1. The molecule has 0 spiro atoms. The predicted molar refractivity (Wildman–Crippen MR) is 68.8 cm³/mol.